The topological polar surface area (TPSA) is 26.3 Å². The zero-order valence-corrected chi connectivity index (χ0v) is 21.0. The maximum atomic E-state index is 11.7. The number of carbonyl (C=O) groups is 1. The molecular weight excluding hydrogens is 388 g/mol. The molecule has 176 valence electrons. The van der Waals surface area contributed by atoms with Crippen molar-refractivity contribution in [1.82, 2.24) is 0 Å². The lowest BCUT2D eigenvalue weighted by atomic mass is 10.0. The lowest BCUT2D eigenvalue weighted by molar-refractivity contribution is -0.143. The summed E-state index contributed by atoms with van der Waals surface area (Å²) < 4.78 is 5.32. The van der Waals surface area contributed by atoms with Crippen molar-refractivity contribution in [3.05, 3.63) is 24.3 Å². The fourth-order valence-corrected chi connectivity index (χ4v) is 4.19. The van der Waals surface area contributed by atoms with Crippen molar-refractivity contribution < 1.29 is 9.53 Å². The molecule has 0 saturated carbocycles. The van der Waals surface area contributed by atoms with E-state index in [1.807, 2.05) is 25.2 Å². The molecule has 0 aliphatic rings. The van der Waals surface area contributed by atoms with E-state index in [2.05, 4.69) is 13.0 Å². The number of unbranched alkanes of at least 4 members (excludes halogenated alkanes) is 15. The molecule has 0 aliphatic heterocycles. The van der Waals surface area contributed by atoms with E-state index >= 15 is 0 Å². The first kappa shape index (κ1) is 29.3. The van der Waals surface area contributed by atoms with Crippen molar-refractivity contribution in [3.63, 3.8) is 0 Å². The van der Waals surface area contributed by atoms with Gasteiger partial charge in [-0.2, -0.15) is 11.8 Å². The average molecular weight is 439 g/mol. The second-order valence-electron chi connectivity index (χ2n) is 8.30. The predicted octanol–water partition coefficient (Wildman–Crippen LogP) is 9.05. The monoisotopic (exact) mass is 438 g/mol. The highest BCUT2D eigenvalue weighted by molar-refractivity contribution is 7.99. The normalized spacial score (nSPS) is 11.7. The van der Waals surface area contributed by atoms with Crippen LogP contribution in [0.5, 0.6) is 0 Å². The van der Waals surface area contributed by atoms with Crippen LogP contribution in [0.1, 0.15) is 123 Å². The summed E-state index contributed by atoms with van der Waals surface area (Å²) in [6, 6.07) is 0. The highest BCUT2D eigenvalue weighted by atomic mass is 32.2. The number of ether oxygens (including phenoxy) is 1. The van der Waals surface area contributed by atoms with E-state index in [0.717, 1.165) is 17.9 Å². The van der Waals surface area contributed by atoms with Crippen molar-refractivity contribution in [2.75, 3.05) is 18.1 Å². The first-order chi connectivity index (χ1) is 14.8. The van der Waals surface area contributed by atoms with Crippen molar-refractivity contribution >= 4 is 17.7 Å². The van der Waals surface area contributed by atoms with Gasteiger partial charge in [-0.05, 0) is 13.3 Å². The smallest absolute Gasteiger partial charge is 0.306 e. The Morgan fingerprint density at radius 2 is 1.23 bits per heavy atom. The third kappa shape index (κ3) is 25.3. The third-order valence-electron chi connectivity index (χ3n) is 5.37. The van der Waals surface area contributed by atoms with E-state index in [0.29, 0.717) is 13.0 Å². The van der Waals surface area contributed by atoms with E-state index in [1.54, 1.807) is 11.8 Å². The van der Waals surface area contributed by atoms with Crippen LogP contribution in [-0.4, -0.2) is 24.1 Å². The summed E-state index contributed by atoms with van der Waals surface area (Å²) >= 11 is 1.78. The van der Waals surface area contributed by atoms with Gasteiger partial charge in [0.1, 0.15) is 0 Å². The molecule has 0 bridgehead atoms. The van der Waals surface area contributed by atoms with E-state index in [1.165, 1.54) is 96.3 Å². The van der Waals surface area contributed by atoms with Crippen LogP contribution >= 0.6 is 11.8 Å². The minimum Gasteiger partial charge on any atom is -0.466 e. The SMILES string of the molecule is C/C=C/C=C/CSCCC(=O)OCCCCCCCCCCCCCCCCCC. The van der Waals surface area contributed by atoms with Gasteiger partial charge in [-0.1, -0.05) is 128 Å². The summed E-state index contributed by atoms with van der Waals surface area (Å²) in [6.07, 6.45) is 30.6. The number of rotatable bonds is 23. The molecule has 0 spiro atoms. The van der Waals surface area contributed by atoms with Crippen LogP contribution in [0.2, 0.25) is 0 Å². The molecule has 0 fully saturated rings. The fraction of sp³-hybridized carbons (Fsp3) is 0.815. The molecule has 0 aromatic heterocycles. The fourth-order valence-electron chi connectivity index (χ4n) is 3.46. The Labute approximate surface area is 192 Å². The highest BCUT2D eigenvalue weighted by Gasteiger charge is 2.02. The Morgan fingerprint density at radius 1 is 0.733 bits per heavy atom. The third-order valence-corrected chi connectivity index (χ3v) is 6.29. The lowest BCUT2D eigenvalue weighted by Crippen LogP contribution is -2.06. The molecule has 0 aromatic carbocycles. The van der Waals surface area contributed by atoms with Crippen LogP contribution in [0.4, 0.5) is 0 Å². The predicted molar refractivity (Wildman–Crippen MR) is 136 cm³/mol. The van der Waals surface area contributed by atoms with Gasteiger partial charge < -0.3 is 4.74 Å². The minimum absolute atomic E-state index is 0.0408. The van der Waals surface area contributed by atoms with Crippen LogP contribution in [0.25, 0.3) is 0 Å². The molecule has 30 heavy (non-hydrogen) atoms. The summed E-state index contributed by atoms with van der Waals surface area (Å²) in [5.41, 5.74) is 0. The van der Waals surface area contributed by atoms with Crippen LogP contribution in [0.3, 0.4) is 0 Å². The van der Waals surface area contributed by atoms with Gasteiger partial charge in [0.2, 0.25) is 0 Å². The van der Waals surface area contributed by atoms with Gasteiger partial charge in [0.05, 0.1) is 13.0 Å². The summed E-state index contributed by atoms with van der Waals surface area (Å²) in [6.45, 7) is 4.89. The van der Waals surface area contributed by atoms with E-state index in [4.69, 9.17) is 4.74 Å². The number of allylic oxidation sites excluding steroid dienone is 3. The molecule has 2 nitrogen and oxygen atoms in total. The Balaban J connectivity index is 3.16. The molecule has 0 N–H and O–H groups in total. The van der Waals surface area contributed by atoms with Crippen LogP contribution in [0, 0.1) is 0 Å². The summed E-state index contributed by atoms with van der Waals surface area (Å²) in [5.74, 6) is 1.76. The van der Waals surface area contributed by atoms with Gasteiger partial charge in [0, 0.05) is 11.5 Å². The van der Waals surface area contributed by atoms with Crippen molar-refractivity contribution in [1.29, 1.82) is 0 Å². The second-order valence-corrected chi connectivity index (χ2v) is 9.45. The van der Waals surface area contributed by atoms with E-state index in [9.17, 15) is 4.79 Å². The molecule has 0 aliphatic carbocycles. The summed E-state index contributed by atoms with van der Waals surface area (Å²) in [5, 5.41) is 0. The Hall–Kier alpha value is -0.700. The quantitative estimate of drug-likeness (QED) is 0.0904. The van der Waals surface area contributed by atoms with Crippen molar-refractivity contribution in [3.8, 4) is 0 Å². The molecular formula is C27H50O2S. The largest absolute Gasteiger partial charge is 0.466 e. The molecule has 0 heterocycles. The zero-order chi connectivity index (χ0) is 22.0. The van der Waals surface area contributed by atoms with E-state index in [-0.39, 0.29) is 5.97 Å². The Morgan fingerprint density at radius 3 is 1.73 bits per heavy atom. The number of carbonyl (C=O) groups excluding carboxylic acids is 1. The Bertz CT molecular complexity index is 404. The minimum atomic E-state index is -0.0408. The van der Waals surface area contributed by atoms with Gasteiger partial charge in [-0.25, -0.2) is 0 Å². The summed E-state index contributed by atoms with van der Waals surface area (Å²) in [7, 11) is 0. The maximum Gasteiger partial charge on any atom is 0.306 e. The molecule has 0 aromatic rings. The molecule has 0 amide bonds. The molecule has 0 unspecified atom stereocenters. The zero-order valence-electron chi connectivity index (χ0n) is 20.2. The average Bonchev–Trinajstić information content (AvgIpc) is 2.75. The number of hydrogen-bond acceptors (Lipinski definition) is 3. The second kappa shape index (κ2) is 26.3. The molecule has 3 heteroatoms. The molecule has 0 rings (SSSR count). The first-order valence-corrected chi connectivity index (χ1v) is 14.0. The number of thioether (sulfide) groups is 1. The van der Waals surface area contributed by atoms with Gasteiger partial charge in [0.15, 0.2) is 0 Å². The van der Waals surface area contributed by atoms with E-state index < -0.39 is 0 Å². The van der Waals surface area contributed by atoms with Gasteiger partial charge >= 0.3 is 5.97 Å². The standard InChI is InChI=1S/C27H50O2S/c1-3-5-7-9-10-11-12-13-14-15-16-17-18-19-20-21-24-29-27(28)23-26-30-25-22-8-6-4-2/h4,6,8,22H,3,5,7,9-21,23-26H2,1-2H3/b6-4+,22-8+. The van der Waals surface area contributed by atoms with Crippen molar-refractivity contribution in [2.24, 2.45) is 0 Å². The van der Waals surface area contributed by atoms with Gasteiger partial charge in [-0.15, -0.1) is 0 Å². The van der Waals surface area contributed by atoms with Crippen LogP contribution < -0.4 is 0 Å². The summed E-state index contributed by atoms with van der Waals surface area (Å²) in [4.78, 5) is 11.7. The van der Waals surface area contributed by atoms with Gasteiger partial charge in [-0.3, -0.25) is 4.79 Å². The highest BCUT2D eigenvalue weighted by Crippen LogP contribution is 2.13. The Kier molecular flexibility index (Phi) is 25.7. The van der Waals surface area contributed by atoms with Crippen molar-refractivity contribution in [2.45, 2.75) is 123 Å². The van der Waals surface area contributed by atoms with Crippen LogP contribution in [0.15, 0.2) is 24.3 Å². The lowest BCUT2D eigenvalue weighted by Gasteiger charge is -2.05. The molecule has 0 saturated heterocycles. The maximum absolute atomic E-state index is 11.7. The molecule has 0 radical (unpaired) electrons. The van der Waals surface area contributed by atoms with Gasteiger partial charge in [0.25, 0.3) is 0 Å². The first-order valence-electron chi connectivity index (χ1n) is 12.8. The molecule has 0 atom stereocenters. The number of hydrogen-bond donors (Lipinski definition) is 0. The number of esters is 1. The van der Waals surface area contributed by atoms with Crippen LogP contribution in [-0.2, 0) is 9.53 Å².